The molecule has 140 valence electrons. The summed E-state index contributed by atoms with van der Waals surface area (Å²) in [5, 5.41) is 0. The second kappa shape index (κ2) is 16.8. The molecule has 2 heteroatoms. The molecule has 0 unspecified atom stereocenters. The van der Waals surface area contributed by atoms with E-state index in [-0.39, 0.29) is 5.60 Å². The molecule has 0 amide bonds. The monoisotopic (exact) mass is 328 g/mol. The summed E-state index contributed by atoms with van der Waals surface area (Å²) in [7, 11) is 0. The van der Waals surface area contributed by atoms with Crippen LogP contribution < -0.4 is 0 Å². The maximum absolute atomic E-state index is 6.06. The largest absolute Gasteiger partial charge is 0.236 e. The van der Waals surface area contributed by atoms with E-state index in [1.807, 2.05) is 0 Å². The van der Waals surface area contributed by atoms with Crippen LogP contribution in [0.3, 0.4) is 0 Å². The molecule has 2 nitrogen and oxygen atoms in total. The molecule has 0 radical (unpaired) electrons. The van der Waals surface area contributed by atoms with Crippen LogP contribution >= 0.6 is 0 Å². The highest BCUT2D eigenvalue weighted by molar-refractivity contribution is 4.79. The van der Waals surface area contributed by atoms with Gasteiger partial charge in [-0.3, -0.25) is 0 Å². The lowest BCUT2D eigenvalue weighted by Gasteiger charge is -2.33. The van der Waals surface area contributed by atoms with Crippen molar-refractivity contribution in [2.45, 2.75) is 130 Å². The number of hydrogen-bond acceptors (Lipinski definition) is 2. The zero-order valence-electron chi connectivity index (χ0n) is 16.6. The topological polar surface area (TPSA) is 18.5 Å². The summed E-state index contributed by atoms with van der Waals surface area (Å²) < 4.78 is 0. The van der Waals surface area contributed by atoms with Crippen molar-refractivity contribution >= 4 is 0 Å². The number of rotatable bonds is 18. The van der Waals surface area contributed by atoms with Crippen LogP contribution in [0.5, 0.6) is 0 Å². The van der Waals surface area contributed by atoms with Gasteiger partial charge in [0.05, 0.1) is 6.61 Å². The first kappa shape index (κ1) is 22.9. The Hall–Kier alpha value is -0.0800. The fourth-order valence-electron chi connectivity index (χ4n) is 3.10. The summed E-state index contributed by atoms with van der Waals surface area (Å²) in [4.78, 5) is 11.7. The zero-order chi connectivity index (χ0) is 17.2. The van der Waals surface area contributed by atoms with Crippen molar-refractivity contribution in [3.8, 4) is 0 Å². The van der Waals surface area contributed by atoms with Gasteiger partial charge < -0.3 is 0 Å². The van der Waals surface area contributed by atoms with Crippen LogP contribution in [0.2, 0.25) is 0 Å². The van der Waals surface area contributed by atoms with Crippen molar-refractivity contribution in [2.75, 3.05) is 6.61 Å². The Kier molecular flexibility index (Phi) is 16.7. The predicted octanol–water partition coefficient (Wildman–Crippen LogP) is 7.60. The van der Waals surface area contributed by atoms with Crippen LogP contribution in [0.4, 0.5) is 0 Å². The molecule has 0 saturated carbocycles. The second-order valence-electron chi connectivity index (χ2n) is 7.17. The SMILES string of the molecule is CCCCCCCCC(CCCC)(CCCC)OOCCCC. The lowest BCUT2D eigenvalue weighted by Crippen LogP contribution is -2.33. The first-order valence-electron chi connectivity index (χ1n) is 10.5. The van der Waals surface area contributed by atoms with Crippen LogP contribution in [0, 0.1) is 0 Å². The van der Waals surface area contributed by atoms with Crippen molar-refractivity contribution in [2.24, 2.45) is 0 Å². The summed E-state index contributed by atoms with van der Waals surface area (Å²) in [5.41, 5.74) is -0.0233. The van der Waals surface area contributed by atoms with Gasteiger partial charge in [0.2, 0.25) is 0 Å². The van der Waals surface area contributed by atoms with E-state index < -0.39 is 0 Å². The van der Waals surface area contributed by atoms with Crippen LogP contribution in [0.15, 0.2) is 0 Å². The quantitative estimate of drug-likeness (QED) is 0.146. The third kappa shape index (κ3) is 12.9. The molecule has 0 fully saturated rings. The molecule has 0 aromatic rings. The van der Waals surface area contributed by atoms with Crippen molar-refractivity contribution in [1.29, 1.82) is 0 Å². The third-order valence-electron chi connectivity index (χ3n) is 4.77. The smallest absolute Gasteiger partial charge is 0.104 e. The Balaban J connectivity index is 4.37. The molecule has 0 spiro atoms. The fourth-order valence-corrected chi connectivity index (χ4v) is 3.10. The third-order valence-corrected chi connectivity index (χ3v) is 4.77. The lowest BCUT2D eigenvalue weighted by molar-refractivity contribution is -0.367. The standard InChI is InChI=1S/C21H44O2/c1-5-9-13-14-15-16-19-21(17-10-6-2,18-11-7-3)23-22-20-12-8-4/h5-20H2,1-4H3. The maximum atomic E-state index is 6.06. The molecule has 0 atom stereocenters. The van der Waals surface area contributed by atoms with E-state index in [2.05, 4.69) is 27.7 Å². The van der Waals surface area contributed by atoms with Crippen molar-refractivity contribution < 1.29 is 9.78 Å². The summed E-state index contributed by atoms with van der Waals surface area (Å²) in [5.74, 6) is 0. The van der Waals surface area contributed by atoms with Crippen LogP contribution in [-0.2, 0) is 9.78 Å². The van der Waals surface area contributed by atoms with E-state index in [1.165, 1.54) is 70.6 Å². The minimum absolute atomic E-state index is 0.0233. The first-order chi connectivity index (χ1) is 11.2. The molecule has 0 aromatic heterocycles. The summed E-state index contributed by atoms with van der Waals surface area (Å²) in [6.45, 7) is 9.76. The lowest BCUT2D eigenvalue weighted by atomic mass is 9.85. The highest BCUT2D eigenvalue weighted by atomic mass is 17.2. The Morgan fingerprint density at radius 3 is 1.57 bits per heavy atom. The Bertz CT molecular complexity index is 220. The highest BCUT2D eigenvalue weighted by Crippen LogP contribution is 2.32. The van der Waals surface area contributed by atoms with Gasteiger partial charge in [0, 0.05) is 0 Å². The molecule has 0 rings (SSSR count). The van der Waals surface area contributed by atoms with Crippen LogP contribution in [-0.4, -0.2) is 12.2 Å². The molecule has 23 heavy (non-hydrogen) atoms. The van der Waals surface area contributed by atoms with Gasteiger partial charge in [0.25, 0.3) is 0 Å². The van der Waals surface area contributed by atoms with E-state index in [4.69, 9.17) is 9.78 Å². The van der Waals surface area contributed by atoms with Gasteiger partial charge in [-0.2, -0.15) is 0 Å². The van der Waals surface area contributed by atoms with Gasteiger partial charge in [-0.1, -0.05) is 98.3 Å². The predicted molar refractivity (Wildman–Crippen MR) is 102 cm³/mol. The van der Waals surface area contributed by atoms with Gasteiger partial charge >= 0.3 is 0 Å². The van der Waals surface area contributed by atoms with Crippen molar-refractivity contribution in [3.05, 3.63) is 0 Å². The zero-order valence-corrected chi connectivity index (χ0v) is 16.6. The fraction of sp³-hybridized carbons (Fsp3) is 1.00. The Labute approximate surface area is 146 Å². The Morgan fingerprint density at radius 2 is 1.00 bits per heavy atom. The average Bonchev–Trinajstić information content (AvgIpc) is 2.57. The molecule has 0 heterocycles. The minimum atomic E-state index is -0.0233. The van der Waals surface area contributed by atoms with Gasteiger partial charge in [-0.05, 0) is 25.7 Å². The Morgan fingerprint density at radius 1 is 0.522 bits per heavy atom. The normalized spacial score (nSPS) is 12.0. The summed E-state index contributed by atoms with van der Waals surface area (Å²) >= 11 is 0. The van der Waals surface area contributed by atoms with E-state index in [0.717, 1.165) is 32.3 Å². The molecule has 0 aliphatic carbocycles. The van der Waals surface area contributed by atoms with E-state index in [9.17, 15) is 0 Å². The van der Waals surface area contributed by atoms with E-state index in [1.54, 1.807) is 0 Å². The van der Waals surface area contributed by atoms with Crippen molar-refractivity contribution in [1.82, 2.24) is 0 Å². The number of hydrogen-bond donors (Lipinski definition) is 0. The molecular weight excluding hydrogens is 284 g/mol. The molecule has 0 aromatic carbocycles. The highest BCUT2D eigenvalue weighted by Gasteiger charge is 2.31. The summed E-state index contributed by atoms with van der Waals surface area (Å²) in [6.07, 6.45) is 18.8. The first-order valence-corrected chi connectivity index (χ1v) is 10.5. The molecule has 0 N–H and O–H groups in total. The maximum Gasteiger partial charge on any atom is 0.104 e. The van der Waals surface area contributed by atoms with E-state index in [0.29, 0.717) is 0 Å². The minimum Gasteiger partial charge on any atom is -0.236 e. The van der Waals surface area contributed by atoms with E-state index >= 15 is 0 Å². The van der Waals surface area contributed by atoms with Gasteiger partial charge in [-0.25, -0.2) is 9.78 Å². The van der Waals surface area contributed by atoms with Crippen LogP contribution in [0.1, 0.15) is 124 Å². The van der Waals surface area contributed by atoms with Gasteiger partial charge in [0.15, 0.2) is 0 Å². The molecule has 0 bridgehead atoms. The summed E-state index contributed by atoms with van der Waals surface area (Å²) in [6, 6.07) is 0. The van der Waals surface area contributed by atoms with Gasteiger partial charge in [-0.15, -0.1) is 0 Å². The van der Waals surface area contributed by atoms with Crippen LogP contribution in [0.25, 0.3) is 0 Å². The molecule has 0 aliphatic heterocycles. The average molecular weight is 329 g/mol. The number of unbranched alkanes of at least 4 members (excludes halogenated alkanes) is 8. The molecule has 0 aliphatic rings. The van der Waals surface area contributed by atoms with Crippen molar-refractivity contribution in [3.63, 3.8) is 0 Å². The van der Waals surface area contributed by atoms with Gasteiger partial charge in [0.1, 0.15) is 5.60 Å². The molecule has 0 saturated heterocycles. The second-order valence-corrected chi connectivity index (χ2v) is 7.17. The molecular formula is C21H44O2.